The number of unbranched alkanes of at least 4 members (excludes halogenated alkanes) is 1. The second-order valence-electron chi connectivity index (χ2n) is 9.24. The Morgan fingerprint density at radius 2 is 1.78 bits per heavy atom. The van der Waals surface area contributed by atoms with Crippen LogP contribution in [0.25, 0.3) is 0 Å². The number of hydrogen-bond acceptors (Lipinski definition) is 4. The maximum absolute atomic E-state index is 13.4. The van der Waals surface area contributed by atoms with Crippen LogP contribution in [0.1, 0.15) is 56.2 Å². The molecule has 0 aliphatic heterocycles. The van der Waals surface area contributed by atoms with Crippen molar-refractivity contribution in [3.8, 4) is 0 Å². The molecule has 0 spiro atoms. The zero-order valence-electron chi connectivity index (χ0n) is 22.2. The number of carbonyl (C=O) groups excluding carboxylic acids is 2. The number of hydrogen-bond donors (Lipinski definition) is 1. The number of rotatable bonds is 13. The molecule has 0 fully saturated rings. The van der Waals surface area contributed by atoms with Gasteiger partial charge in [-0.1, -0.05) is 54.7 Å². The van der Waals surface area contributed by atoms with E-state index in [1.807, 2.05) is 32.9 Å². The Hall–Kier alpha value is -2.29. The SMILES string of the molecule is CCCCNC(=O)C(C)N(Cc1ccc(Cl)cc1Cl)C(=O)CCCN(c1cccc(C)c1C)S(C)(=O)=O. The van der Waals surface area contributed by atoms with E-state index in [2.05, 4.69) is 5.32 Å². The molecule has 37 heavy (non-hydrogen) atoms. The van der Waals surface area contributed by atoms with Gasteiger partial charge in [0.25, 0.3) is 0 Å². The fourth-order valence-electron chi connectivity index (χ4n) is 3.94. The van der Waals surface area contributed by atoms with Crippen LogP contribution >= 0.6 is 23.2 Å². The summed E-state index contributed by atoms with van der Waals surface area (Å²) < 4.78 is 26.5. The molecule has 0 saturated heterocycles. The summed E-state index contributed by atoms with van der Waals surface area (Å²) in [4.78, 5) is 27.7. The van der Waals surface area contributed by atoms with Crippen molar-refractivity contribution in [3.63, 3.8) is 0 Å². The molecule has 1 atom stereocenters. The van der Waals surface area contributed by atoms with Gasteiger partial charge in [-0.2, -0.15) is 0 Å². The average Bonchev–Trinajstić information content (AvgIpc) is 2.82. The Kier molecular flexibility index (Phi) is 11.7. The maximum Gasteiger partial charge on any atom is 0.242 e. The lowest BCUT2D eigenvalue weighted by Crippen LogP contribution is -2.48. The molecule has 0 saturated carbocycles. The molecule has 0 aromatic heterocycles. The summed E-state index contributed by atoms with van der Waals surface area (Å²) >= 11 is 12.4. The molecule has 204 valence electrons. The molecule has 0 radical (unpaired) electrons. The minimum Gasteiger partial charge on any atom is -0.354 e. The highest BCUT2D eigenvalue weighted by Crippen LogP contribution is 2.26. The summed E-state index contributed by atoms with van der Waals surface area (Å²) in [5, 5.41) is 3.76. The summed E-state index contributed by atoms with van der Waals surface area (Å²) in [5.41, 5.74) is 3.12. The Morgan fingerprint density at radius 3 is 2.41 bits per heavy atom. The maximum atomic E-state index is 13.4. The van der Waals surface area contributed by atoms with E-state index in [0.29, 0.717) is 27.8 Å². The van der Waals surface area contributed by atoms with Gasteiger partial charge in [-0.25, -0.2) is 8.42 Å². The Bertz CT molecular complexity index is 1200. The number of nitrogens with one attached hydrogen (secondary N) is 1. The predicted molar refractivity (Wildman–Crippen MR) is 152 cm³/mol. The number of amides is 2. The summed E-state index contributed by atoms with van der Waals surface area (Å²) in [5.74, 6) is -0.515. The molecule has 2 amide bonds. The minimum atomic E-state index is -3.56. The highest BCUT2D eigenvalue weighted by molar-refractivity contribution is 7.92. The van der Waals surface area contributed by atoms with Crippen molar-refractivity contribution in [1.82, 2.24) is 10.2 Å². The first-order valence-electron chi connectivity index (χ1n) is 12.4. The zero-order chi connectivity index (χ0) is 27.8. The molecule has 1 unspecified atom stereocenters. The predicted octanol–water partition coefficient (Wildman–Crippen LogP) is 5.49. The van der Waals surface area contributed by atoms with E-state index in [1.165, 1.54) is 9.21 Å². The van der Waals surface area contributed by atoms with Gasteiger partial charge in [-0.05, 0) is 68.5 Å². The van der Waals surface area contributed by atoms with Crippen molar-refractivity contribution in [3.05, 3.63) is 63.1 Å². The molecule has 2 rings (SSSR count). The third-order valence-corrected chi connectivity index (χ3v) is 8.12. The Morgan fingerprint density at radius 1 is 1.08 bits per heavy atom. The van der Waals surface area contributed by atoms with Gasteiger partial charge in [0.05, 0.1) is 11.9 Å². The van der Waals surface area contributed by atoms with Gasteiger partial charge in [0.1, 0.15) is 6.04 Å². The number of nitrogens with zero attached hydrogens (tertiary/aromatic N) is 2. The first kappa shape index (κ1) is 30.9. The van der Waals surface area contributed by atoms with E-state index in [-0.39, 0.29) is 37.7 Å². The van der Waals surface area contributed by atoms with E-state index in [0.717, 1.165) is 30.2 Å². The van der Waals surface area contributed by atoms with Crippen molar-refractivity contribution in [2.75, 3.05) is 23.7 Å². The van der Waals surface area contributed by atoms with E-state index in [4.69, 9.17) is 23.2 Å². The van der Waals surface area contributed by atoms with Crippen LogP contribution in [-0.4, -0.2) is 50.5 Å². The van der Waals surface area contributed by atoms with Crippen LogP contribution in [0.4, 0.5) is 5.69 Å². The first-order valence-corrected chi connectivity index (χ1v) is 15.0. The second kappa shape index (κ2) is 14.0. The number of sulfonamides is 1. The highest BCUT2D eigenvalue weighted by Gasteiger charge is 2.27. The van der Waals surface area contributed by atoms with Gasteiger partial charge < -0.3 is 10.2 Å². The molecule has 2 aromatic rings. The van der Waals surface area contributed by atoms with Crippen LogP contribution in [0, 0.1) is 13.8 Å². The lowest BCUT2D eigenvalue weighted by molar-refractivity contribution is -0.140. The summed E-state index contributed by atoms with van der Waals surface area (Å²) in [6.07, 6.45) is 3.29. The van der Waals surface area contributed by atoms with Crippen molar-refractivity contribution in [2.24, 2.45) is 0 Å². The molecule has 2 aromatic carbocycles. The third kappa shape index (κ3) is 8.90. The summed E-state index contributed by atoms with van der Waals surface area (Å²) in [6, 6.07) is 9.79. The van der Waals surface area contributed by atoms with Crippen LogP contribution in [-0.2, 0) is 26.2 Å². The molecule has 0 bridgehead atoms. The molecule has 10 heteroatoms. The molecular weight excluding hydrogens is 533 g/mol. The van der Waals surface area contributed by atoms with Gasteiger partial charge in [-0.15, -0.1) is 0 Å². The molecule has 7 nitrogen and oxygen atoms in total. The van der Waals surface area contributed by atoms with Crippen molar-refractivity contribution < 1.29 is 18.0 Å². The smallest absolute Gasteiger partial charge is 0.242 e. The number of halogens is 2. The van der Waals surface area contributed by atoms with Gasteiger partial charge >= 0.3 is 0 Å². The number of anilines is 1. The number of aryl methyl sites for hydroxylation is 1. The Balaban J connectivity index is 2.22. The van der Waals surface area contributed by atoms with E-state index in [1.54, 1.807) is 31.2 Å². The Labute approximate surface area is 231 Å². The fraction of sp³-hybridized carbons (Fsp3) is 0.481. The standard InChI is InChI=1S/C27H37Cl2N3O4S/c1-6-7-15-30-27(34)21(4)31(18-22-13-14-23(28)17-24(22)29)26(33)12-9-16-32(37(5,35)36)25-11-8-10-19(2)20(25)3/h8,10-11,13-14,17,21H,6-7,9,12,15-16,18H2,1-5H3,(H,30,34). The van der Waals surface area contributed by atoms with Crippen molar-refractivity contribution in [2.45, 2.75) is 66.0 Å². The summed E-state index contributed by atoms with van der Waals surface area (Å²) in [7, 11) is -3.56. The first-order chi connectivity index (χ1) is 17.4. The monoisotopic (exact) mass is 569 g/mol. The number of benzene rings is 2. The molecule has 0 aliphatic carbocycles. The topological polar surface area (TPSA) is 86.8 Å². The van der Waals surface area contributed by atoms with E-state index in [9.17, 15) is 18.0 Å². The molecule has 0 aliphatic rings. The summed E-state index contributed by atoms with van der Waals surface area (Å²) in [6.45, 7) is 8.32. The van der Waals surface area contributed by atoms with E-state index >= 15 is 0 Å². The molecule has 1 N–H and O–H groups in total. The van der Waals surface area contributed by atoms with Gasteiger partial charge in [0.15, 0.2) is 0 Å². The average molecular weight is 571 g/mol. The fourth-order valence-corrected chi connectivity index (χ4v) is 5.42. The van der Waals surface area contributed by atoms with Crippen LogP contribution in [0.5, 0.6) is 0 Å². The largest absolute Gasteiger partial charge is 0.354 e. The normalized spacial score (nSPS) is 12.2. The van der Waals surface area contributed by atoms with Crippen molar-refractivity contribution >= 4 is 50.7 Å². The zero-order valence-corrected chi connectivity index (χ0v) is 24.5. The van der Waals surface area contributed by atoms with E-state index < -0.39 is 16.1 Å². The lowest BCUT2D eigenvalue weighted by atomic mass is 10.1. The van der Waals surface area contributed by atoms with Gasteiger partial charge in [-0.3, -0.25) is 13.9 Å². The van der Waals surface area contributed by atoms with Gasteiger partial charge in [0, 0.05) is 36.1 Å². The van der Waals surface area contributed by atoms with Crippen LogP contribution in [0.2, 0.25) is 10.0 Å². The number of carbonyl (C=O) groups is 2. The second-order valence-corrected chi connectivity index (χ2v) is 12.0. The molecule has 0 heterocycles. The van der Waals surface area contributed by atoms with Crippen LogP contribution in [0.3, 0.4) is 0 Å². The quantitative estimate of drug-likeness (QED) is 0.323. The highest BCUT2D eigenvalue weighted by atomic mass is 35.5. The van der Waals surface area contributed by atoms with Crippen molar-refractivity contribution in [1.29, 1.82) is 0 Å². The third-order valence-electron chi connectivity index (χ3n) is 6.35. The minimum absolute atomic E-state index is 0.0642. The van der Waals surface area contributed by atoms with Crippen LogP contribution < -0.4 is 9.62 Å². The molecular formula is C27H37Cl2N3O4S. The van der Waals surface area contributed by atoms with Crippen LogP contribution in [0.15, 0.2) is 36.4 Å². The lowest BCUT2D eigenvalue weighted by Gasteiger charge is -2.30. The van der Waals surface area contributed by atoms with Gasteiger partial charge in [0.2, 0.25) is 21.8 Å².